The van der Waals surface area contributed by atoms with E-state index in [9.17, 15) is 13.2 Å². The number of hydrogen-bond acceptors (Lipinski definition) is 4. The first-order valence-corrected chi connectivity index (χ1v) is 11.8. The summed E-state index contributed by atoms with van der Waals surface area (Å²) in [6.45, 7) is 8.22. The lowest BCUT2D eigenvalue weighted by molar-refractivity contribution is 0.0946. The molecular formula is C25H28N2O4S. The van der Waals surface area contributed by atoms with Gasteiger partial charge in [0.1, 0.15) is 12.4 Å². The van der Waals surface area contributed by atoms with Gasteiger partial charge in [0.25, 0.3) is 15.9 Å². The Morgan fingerprint density at radius 3 is 2.16 bits per heavy atom. The maximum Gasteiger partial charge on any atom is 0.262 e. The largest absolute Gasteiger partial charge is 0.492 e. The number of sulfonamides is 1. The Kier molecular flexibility index (Phi) is 7.20. The third-order valence-electron chi connectivity index (χ3n) is 4.90. The van der Waals surface area contributed by atoms with Crippen molar-refractivity contribution in [1.82, 2.24) is 5.32 Å². The molecule has 168 valence electrons. The van der Waals surface area contributed by atoms with E-state index in [1.807, 2.05) is 45.0 Å². The number of amides is 1. The molecule has 0 unspecified atom stereocenters. The number of nitrogens with one attached hydrogen (secondary N) is 2. The van der Waals surface area contributed by atoms with Crippen LogP contribution in [0.25, 0.3) is 0 Å². The van der Waals surface area contributed by atoms with Crippen molar-refractivity contribution >= 4 is 21.6 Å². The highest BCUT2D eigenvalue weighted by molar-refractivity contribution is 7.92. The van der Waals surface area contributed by atoms with E-state index in [1.165, 1.54) is 6.07 Å². The molecule has 7 heteroatoms. The van der Waals surface area contributed by atoms with Crippen LogP contribution in [0.3, 0.4) is 0 Å². The standard InChI is InChI=1S/C25H28N2O4S/c1-17-5-9-22(10-6-17)27-32(29,30)24-16-21(8-7-20(24)4)25(28)26-11-12-31-23-14-18(2)13-19(3)15-23/h5-10,13-16,27H,11-12H2,1-4H3,(H,26,28). The van der Waals surface area contributed by atoms with Gasteiger partial charge in [0.15, 0.2) is 0 Å². The monoisotopic (exact) mass is 452 g/mol. The molecule has 1 amide bonds. The molecule has 0 spiro atoms. The third kappa shape index (κ3) is 6.11. The summed E-state index contributed by atoms with van der Waals surface area (Å²) >= 11 is 0. The smallest absolute Gasteiger partial charge is 0.262 e. The maximum atomic E-state index is 12.9. The molecule has 6 nitrogen and oxygen atoms in total. The fraction of sp³-hybridized carbons (Fsp3) is 0.240. The van der Waals surface area contributed by atoms with Crippen LogP contribution in [0.2, 0.25) is 0 Å². The van der Waals surface area contributed by atoms with E-state index in [0.29, 0.717) is 24.4 Å². The van der Waals surface area contributed by atoms with Crippen LogP contribution in [0.4, 0.5) is 5.69 Å². The Morgan fingerprint density at radius 1 is 0.844 bits per heavy atom. The molecule has 3 rings (SSSR count). The fourth-order valence-corrected chi connectivity index (χ4v) is 4.64. The summed E-state index contributed by atoms with van der Waals surface area (Å²) in [4.78, 5) is 12.6. The Balaban J connectivity index is 1.64. The van der Waals surface area contributed by atoms with E-state index < -0.39 is 10.0 Å². The van der Waals surface area contributed by atoms with Gasteiger partial charge in [0.05, 0.1) is 11.4 Å². The lowest BCUT2D eigenvalue weighted by atomic mass is 10.1. The summed E-state index contributed by atoms with van der Waals surface area (Å²) < 4.78 is 34.1. The van der Waals surface area contributed by atoms with Gasteiger partial charge < -0.3 is 10.1 Å². The number of rotatable bonds is 8. The zero-order valence-electron chi connectivity index (χ0n) is 18.7. The summed E-state index contributed by atoms with van der Waals surface area (Å²) in [7, 11) is -3.84. The molecule has 0 aromatic heterocycles. The van der Waals surface area contributed by atoms with Gasteiger partial charge in [0.2, 0.25) is 0 Å². The van der Waals surface area contributed by atoms with E-state index in [4.69, 9.17) is 4.74 Å². The number of carbonyl (C=O) groups excluding carboxylic acids is 1. The molecule has 0 atom stereocenters. The Hall–Kier alpha value is -3.32. The molecule has 3 aromatic carbocycles. The quantitative estimate of drug-likeness (QED) is 0.492. The first-order chi connectivity index (χ1) is 15.1. The molecule has 0 saturated carbocycles. The minimum atomic E-state index is -3.84. The molecule has 0 aliphatic heterocycles. The number of anilines is 1. The van der Waals surface area contributed by atoms with Crippen LogP contribution >= 0.6 is 0 Å². The van der Waals surface area contributed by atoms with E-state index in [1.54, 1.807) is 31.2 Å². The summed E-state index contributed by atoms with van der Waals surface area (Å²) in [6.07, 6.45) is 0. The minimum Gasteiger partial charge on any atom is -0.492 e. The maximum absolute atomic E-state index is 12.9. The van der Waals surface area contributed by atoms with Crippen LogP contribution in [0.15, 0.2) is 65.6 Å². The van der Waals surface area contributed by atoms with Crippen LogP contribution in [-0.4, -0.2) is 27.5 Å². The molecule has 0 bridgehead atoms. The second kappa shape index (κ2) is 9.87. The molecule has 0 saturated heterocycles. The van der Waals surface area contributed by atoms with Crippen molar-refractivity contribution in [3.63, 3.8) is 0 Å². The SMILES string of the molecule is Cc1ccc(NS(=O)(=O)c2cc(C(=O)NCCOc3cc(C)cc(C)c3)ccc2C)cc1. The summed E-state index contributed by atoms with van der Waals surface area (Å²) in [5.41, 5.74) is 4.54. The summed E-state index contributed by atoms with van der Waals surface area (Å²) in [5.74, 6) is 0.392. The first kappa shape index (κ1) is 23.3. The van der Waals surface area contributed by atoms with E-state index >= 15 is 0 Å². The predicted octanol–water partition coefficient (Wildman–Crippen LogP) is 4.53. The highest BCUT2D eigenvalue weighted by Gasteiger charge is 2.19. The molecule has 0 radical (unpaired) electrons. The average Bonchev–Trinajstić information content (AvgIpc) is 2.72. The van der Waals surface area contributed by atoms with Crippen LogP contribution in [0.5, 0.6) is 5.75 Å². The van der Waals surface area contributed by atoms with Gasteiger partial charge in [-0.15, -0.1) is 0 Å². The Labute approximate surface area is 189 Å². The van der Waals surface area contributed by atoms with Crippen molar-refractivity contribution in [3.8, 4) is 5.75 Å². The fourth-order valence-electron chi connectivity index (χ4n) is 3.31. The van der Waals surface area contributed by atoms with Crippen molar-refractivity contribution in [2.24, 2.45) is 0 Å². The number of hydrogen-bond donors (Lipinski definition) is 2. The third-order valence-corrected chi connectivity index (χ3v) is 6.42. The summed E-state index contributed by atoms with van der Waals surface area (Å²) in [6, 6.07) is 17.6. The van der Waals surface area contributed by atoms with E-state index in [-0.39, 0.29) is 16.4 Å². The van der Waals surface area contributed by atoms with Gasteiger partial charge in [-0.1, -0.05) is 29.8 Å². The molecule has 0 aliphatic rings. The molecule has 3 aromatic rings. The average molecular weight is 453 g/mol. The highest BCUT2D eigenvalue weighted by atomic mass is 32.2. The molecule has 2 N–H and O–H groups in total. The molecule has 0 fully saturated rings. The van der Waals surface area contributed by atoms with E-state index in [2.05, 4.69) is 16.1 Å². The van der Waals surface area contributed by atoms with Crippen LogP contribution < -0.4 is 14.8 Å². The second-order valence-electron chi connectivity index (χ2n) is 7.88. The number of ether oxygens (including phenoxy) is 1. The minimum absolute atomic E-state index is 0.0669. The van der Waals surface area contributed by atoms with Gasteiger partial charge in [-0.3, -0.25) is 9.52 Å². The molecule has 0 heterocycles. The van der Waals surface area contributed by atoms with Gasteiger partial charge >= 0.3 is 0 Å². The molecule has 0 aliphatic carbocycles. The van der Waals surface area contributed by atoms with Gasteiger partial charge in [-0.25, -0.2) is 8.42 Å². The van der Waals surface area contributed by atoms with Crippen molar-refractivity contribution in [2.45, 2.75) is 32.6 Å². The Morgan fingerprint density at radius 2 is 1.50 bits per heavy atom. The zero-order chi connectivity index (χ0) is 23.3. The number of benzene rings is 3. The van der Waals surface area contributed by atoms with Crippen molar-refractivity contribution < 1.29 is 17.9 Å². The molecule has 32 heavy (non-hydrogen) atoms. The molecular weight excluding hydrogens is 424 g/mol. The van der Waals surface area contributed by atoms with Crippen molar-refractivity contribution in [3.05, 3.63) is 88.5 Å². The van der Waals surface area contributed by atoms with Crippen molar-refractivity contribution in [1.29, 1.82) is 0 Å². The predicted molar refractivity (Wildman–Crippen MR) is 127 cm³/mol. The Bertz CT molecular complexity index is 1200. The van der Waals surface area contributed by atoms with Crippen LogP contribution in [0.1, 0.15) is 32.6 Å². The van der Waals surface area contributed by atoms with Crippen LogP contribution in [-0.2, 0) is 10.0 Å². The lowest BCUT2D eigenvalue weighted by Crippen LogP contribution is -2.28. The van der Waals surface area contributed by atoms with Gasteiger partial charge in [-0.05, 0) is 80.8 Å². The van der Waals surface area contributed by atoms with Crippen LogP contribution in [0, 0.1) is 27.7 Å². The van der Waals surface area contributed by atoms with Gasteiger partial charge in [0, 0.05) is 11.3 Å². The number of carbonyl (C=O) groups is 1. The van der Waals surface area contributed by atoms with Gasteiger partial charge in [-0.2, -0.15) is 0 Å². The zero-order valence-corrected chi connectivity index (χ0v) is 19.5. The normalized spacial score (nSPS) is 11.1. The van der Waals surface area contributed by atoms with Crippen molar-refractivity contribution in [2.75, 3.05) is 17.9 Å². The summed E-state index contributed by atoms with van der Waals surface area (Å²) in [5, 5.41) is 2.77. The van der Waals surface area contributed by atoms with E-state index in [0.717, 1.165) is 22.4 Å². The lowest BCUT2D eigenvalue weighted by Gasteiger charge is -2.13. The first-order valence-electron chi connectivity index (χ1n) is 10.3. The topological polar surface area (TPSA) is 84.5 Å². The highest BCUT2D eigenvalue weighted by Crippen LogP contribution is 2.21. The second-order valence-corrected chi connectivity index (χ2v) is 9.53. The number of aryl methyl sites for hydroxylation is 4.